The molecule has 4 rings (SSSR count). The molecule has 0 spiro atoms. The zero-order valence-corrected chi connectivity index (χ0v) is 15.2. The largest absolute Gasteiger partial charge is 0.482 e. The molecule has 7 heteroatoms. The Kier molecular flexibility index (Phi) is 4.73. The van der Waals surface area contributed by atoms with Crippen LogP contribution in [0, 0.1) is 0 Å². The fourth-order valence-corrected chi connectivity index (χ4v) is 3.81. The standard InChI is InChI=1S/C21H20N2O5/c24-19(25)12-28-16-8-5-13(6-9-16)20-22-17-11-14(21(26)27)7-10-18(17)23(20)15-3-1-2-4-15/h5-11,15H,1-4,12H2,(H,24,25)(H,26,27). The van der Waals surface area contributed by atoms with Gasteiger partial charge in [0.15, 0.2) is 6.61 Å². The highest BCUT2D eigenvalue weighted by Gasteiger charge is 2.24. The molecule has 0 radical (unpaired) electrons. The maximum atomic E-state index is 11.3. The van der Waals surface area contributed by atoms with Gasteiger partial charge in [-0.15, -0.1) is 0 Å². The number of hydrogen-bond acceptors (Lipinski definition) is 4. The summed E-state index contributed by atoms with van der Waals surface area (Å²) in [6, 6.07) is 12.5. The van der Waals surface area contributed by atoms with E-state index >= 15 is 0 Å². The number of carboxylic acid groups (broad SMARTS) is 2. The van der Waals surface area contributed by atoms with Gasteiger partial charge in [0, 0.05) is 11.6 Å². The van der Waals surface area contributed by atoms with Gasteiger partial charge in [0.05, 0.1) is 16.6 Å². The van der Waals surface area contributed by atoms with Gasteiger partial charge in [0.1, 0.15) is 11.6 Å². The van der Waals surface area contributed by atoms with Crippen molar-refractivity contribution in [1.82, 2.24) is 9.55 Å². The lowest BCUT2D eigenvalue weighted by molar-refractivity contribution is -0.139. The van der Waals surface area contributed by atoms with Gasteiger partial charge in [-0.1, -0.05) is 12.8 Å². The number of benzene rings is 2. The minimum atomic E-state index is -1.03. The van der Waals surface area contributed by atoms with Crippen molar-refractivity contribution in [1.29, 1.82) is 0 Å². The summed E-state index contributed by atoms with van der Waals surface area (Å²) in [5, 5.41) is 18.0. The second-order valence-corrected chi connectivity index (χ2v) is 6.96. The van der Waals surface area contributed by atoms with Crippen molar-refractivity contribution < 1.29 is 24.5 Å². The molecule has 1 aliphatic rings. The van der Waals surface area contributed by atoms with Crippen LogP contribution in [0.4, 0.5) is 0 Å². The fourth-order valence-electron chi connectivity index (χ4n) is 3.81. The summed E-state index contributed by atoms with van der Waals surface area (Å²) >= 11 is 0. The molecule has 1 aromatic heterocycles. The summed E-state index contributed by atoms with van der Waals surface area (Å²) in [7, 11) is 0. The van der Waals surface area contributed by atoms with Gasteiger partial charge in [0.25, 0.3) is 0 Å². The second-order valence-electron chi connectivity index (χ2n) is 6.96. The number of carbonyl (C=O) groups is 2. The number of nitrogens with zero attached hydrogens (tertiary/aromatic N) is 2. The lowest BCUT2D eigenvalue weighted by atomic mass is 10.1. The maximum absolute atomic E-state index is 11.3. The number of fused-ring (bicyclic) bond motifs is 1. The predicted molar refractivity (Wildman–Crippen MR) is 103 cm³/mol. The van der Waals surface area contributed by atoms with Crippen LogP contribution in [0.3, 0.4) is 0 Å². The minimum absolute atomic E-state index is 0.215. The smallest absolute Gasteiger partial charge is 0.341 e. The van der Waals surface area contributed by atoms with E-state index in [9.17, 15) is 14.7 Å². The molecule has 1 heterocycles. The SMILES string of the molecule is O=C(O)COc1ccc(-c2nc3cc(C(=O)O)ccc3n2C2CCCC2)cc1. The quantitative estimate of drug-likeness (QED) is 0.671. The van der Waals surface area contributed by atoms with Crippen LogP contribution in [0.1, 0.15) is 42.1 Å². The number of ether oxygens (including phenoxy) is 1. The van der Waals surface area contributed by atoms with Crippen molar-refractivity contribution in [2.45, 2.75) is 31.7 Å². The summed E-state index contributed by atoms with van der Waals surface area (Å²) in [5.74, 6) is -0.739. The molecular formula is C21H20N2O5. The Bertz CT molecular complexity index is 1030. The summed E-state index contributed by atoms with van der Waals surface area (Å²) in [5.41, 5.74) is 2.68. The molecule has 0 unspecified atom stereocenters. The lowest BCUT2D eigenvalue weighted by Gasteiger charge is -2.16. The average molecular weight is 380 g/mol. The summed E-state index contributed by atoms with van der Waals surface area (Å²) in [6.45, 7) is -0.391. The van der Waals surface area contributed by atoms with Crippen molar-refractivity contribution in [2.24, 2.45) is 0 Å². The van der Waals surface area contributed by atoms with E-state index in [-0.39, 0.29) is 5.56 Å². The molecule has 0 saturated heterocycles. The topological polar surface area (TPSA) is 102 Å². The van der Waals surface area contributed by atoms with Crippen LogP contribution in [0.25, 0.3) is 22.4 Å². The number of hydrogen-bond donors (Lipinski definition) is 2. The predicted octanol–water partition coefficient (Wildman–Crippen LogP) is 3.98. The summed E-state index contributed by atoms with van der Waals surface area (Å²) in [6.07, 6.45) is 4.47. The molecule has 0 atom stereocenters. The van der Waals surface area contributed by atoms with Crippen LogP contribution < -0.4 is 4.74 Å². The molecule has 0 amide bonds. The highest BCUT2D eigenvalue weighted by atomic mass is 16.5. The van der Waals surface area contributed by atoms with Gasteiger partial charge < -0.3 is 19.5 Å². The molecule has 3 aromatic rings. The Morgan fingerprint density at radius 2 is 1.79 bits per heavy atom. The van der Waals surface area contributed by atoms with Crippen LogP contribution in [0.5, 0.6) is 5.75 Å². The van der Waals surface area contributed by atoms with Crippen molar-refractivity contribution >= 4 is 23.0 Å². The van der Waals surface area contributed by atoms with Crippen LogP contribution in [-0.4, -0.2) is 38.3 Å². The zero-order valence-electron chi connectivity index (χ0n) is 15.2. The van der Waals surface area contributed by atoms with E-state index in [0.29, 0.717) is 17.3 Å². The molecule has 144 valence electrons. The average Bonchev–Trinajstić information content (AvgIpc) is 3.33. The van der Waals surface area contributed by atoms with Gasteiger partial charge in [0.2, 0.25) is 0 Å². The van der Waals surface area contributed by atoms with Gasteiger partial charge in [-0.05, 0) is 55.3 Å². The monoisotopic (exact) mass is 380 g/mol. The highest BCUT2D eigenvalue weighted by Crippen LogP contribution is 2.37. The van der Waals surface area contributed by atoms with Crippen LogP contribution >= 0.6 is 0 Å². The van der Waals surface area contributed by atoms with E-state index in [1.165, 1.54) is 12.8 Å². The van der Waals surface area contributed by atoms with Crippen molar-refractivity contribution in [2.75, 3.05) is 6.61 Å². The number of aromatic nitrogens is 2. The molecule has 0 bridgehead atoms. The van der Waals surface area contributed by atoms with E-state index in [1.54, 1.807) is 24.3 Å². The normalized spacial score (nSPS) is 14.4. The highest BCUT2D eigenvalue weighted by molar-refractivity contribution is 5.93. The molecule has 28 heavy (non-hydrogen) atoms. The first-order valence-electron chi connectivity index (χ1n) is 9.23. The molecular weight excluding hydrogens is 360 g/mol. The summed E-state index contributed by atoms with van der Waals surface area (Å²) < 4.78 is 7.41. The van der Waals surface area contributed by atoms with Crippen molar-refractivity contribution in [3.63, 3.8) is 0 Å². The van der Waals surface area contributed by atoms with Gasteiger partial charge in [-0.3, -0.25) is 0 Å². The van der Waals surface area contributed by atoms with Crippen LogP contribution in [0.15, 0.2) is 42.5 Å². The maximum Gasteiger partial charge on any atom is 0.341 e. The first-order chi connectivity index (χ1) is 13.5. The minimum Gasteiger partial charge on any atom is -0.482 e. The molecule has 7 nitrogen and oxygen atoms in total. The number of rotatable bonds is 6. The second kappa shape index (κ2) is 7.34. The van der Waals surface area contributed by atoms with Gasteiger partial charge >= 0.3 is 11.9 Å². The molecule has 1 aliphatic carbocycles. The lowest BCUT2D eigenvalue weighted by Crippen LogP contribution is -2.09. The molecule has 1 fully saturated rings. The third kappa shape index (κ3) is 3.43. The van der Waals surface area contributed by atoms with E-state index in [4.69, 9.17) is 14.8 Å². The number of carboxylic acids is 2. The third-order valence-electron chi connectivity index (χ3n) is 5.10. The Labute approximate surface area is 161 Å². The van der Waals surface area contributed by atoms with E-state index < -0.39 is 18.5 Å². The Morgan fingerprint density at radius 3 is 2.43 bits per heavy atom. The first kappa shape index (κ1) is 18.0. The Hall–Kier alpha value is -3.35. The Balaban J connectivity index is 1.77. The van der Waals surface area contributed by atoms with E-state index in [2.05, 4.69) is 4.57 Å². The third-order valence-corrected chi connectivity index (χ3v) is 5.10. The van der Waals surface area contributed by atoms with Crippen LogP contribution in [0.2, 0.25) is 0 Å². The molecule has 1 saturated carbocycles. The van der Waals surface area contributed by atoms with E-state index in [0.717, 1.165) is 29.7 Å². The number of imidazole rings is 1. The number of aromatic carboxylic acids is 1. The Morgan fingerprint density at radius 1 is 1.07 bits per heavy atom. The summed E-state index contributed by atoms with van der Waals surface area (Å²) in [4.78, 5) is 26.7. The van der Waals surface area contributed by atoms with Crippen LogP contribution in [-0.2, 0) is 4.79 Å². The van der Waals surface area contributed by atoms with E-state index in [1.807, 2.05) is 18.2 Å². The van der Waals surface area contributed by atoms with Crippen molar-refractivity contribution in [3.05, 3.63) is 48.0 Å². The zero-order chi connectivity index (χ0) is 19.7. The first-order valence-corrected chi connectivity index (χ1v) is 9.23. The van der Waals surface area contributed by atoms with Gasteiger partial charge in [-0.2, -0.15) is 0 Å². The van der Waals surface area contributed by atoms with Gasteiger partial charge in [-0.25, -0.2) is 14.6 Å². The fraction of sp³-hybridized carbons (Fsp3) is 0.286. The van der Waals surface area contributed by atoms with Crippen molar-refractivity contribution in [3.8, 4) is 17.1 Å². The molecule has 2 N–H and O–H groups in total. The molecule has 2 aromatic carbocycles. The molecule has 0 aliphatic heterocycles. The number of aliphatic carboxylic acids is 1.